The standard InChI is InChI=1S/C14H17NO2/c1-16-13-7-2-6-12-11(13)5-3-8-14(12)17-10-4-9-15/h2-3,5-8H,4,9-10,15H2,1H3. The second-order valence-electron chi connectivity index (χ2n) is 3.80. The van der Waals surface area contributed by atoms with Gasteiger partial charge in [0.05, 0.1) is 13.7 Å². The zero-order valence-corrected chi connectivity index (χ0v) is 9.98. The number of hydrogen-bond donors (Lipinski definition) is 1. The van der Waals surface area contributed by atoms with Gasteiger partial charge in [0.1, 0.15) is 11.5 Å². The van der Waals surface area contributed by atoms with Crippen LogP contribution in [-0.2, 0) is 0 Å². The molecule has 0 spiro atoms. The van der Waals surface area contributed by atoms with E-state index < -0.39 is 0 Å². The first kappa shape index (κ1) is 11.7. The molecule has 2 N–H and O–H groups in total. The van der Waals surface area contributed by atoms with Crippen molar-refractivity contribution in [2.24, 2.45) is 5.73 Å². The fourth-order valence-electron chi connectivity index (χ4n) is 1.82. The first-order valence-electron chi connectivity index (χ1n) is 5.75. The van der Waals surface area contributed by atoms with Crippen LogP contribution in [0.4, 0.5) is 0 Å². The summed E-state index contributed by atoms with van der Waals surface area (Å²) in [4.78, 5) is 0. The Labute approximate surface area is 101 Å². The summed E-state index contributed by atoms with van der Waals surface area (Å²) < 4.78 is 11.1. The number of ether oxygens (including phenoxy) is 2. The minimum Gasteiger partial charge on any atom is -0.496 e. The zero-order chi connectivity index (χ0) is 12.1. The molecule has 0 bridgehead atoms. The van der Waals surface area contributed by atoms with Crippen LogP contribution in [0.25, 0.3) is 10.8 Å². The van der Waals surface area contributed by atoms with Crippen molar-refractivity contribution in [2.75, 3.05) is 20.3 Å². The summed E-state index contributed by atoms with van der Waals surface area (Å²) in [7, 11) is 1.68. The van der Waals surface area contributed by atoms with Gasteiger partial charge in [0, 0.05) is 10.8 Å². The zero-order valence-electron chi connectivity index (χ0n) is 9.98. The van der Waals surface area contributed by atoms with Crippen LogP contribution in [-0.4, -0.2) is 20.3 Å². The summed E-state index contributed by atoms with van der Waals surface area (Å²) in [5.41, 5.74) is 5.45. The quantitative estimate of drug-likeness (QED) is 0.804. The highest BCUT2D eigenvalue weighted by molar-refractivity contribution is 5.93. The monoisotopic (exact) mass is 231 g/mol. The van der Waals surface area contributed by atoms with Gasteiger partial charge in [0.2, 0.25) is 0 Å². The summed E-state index contributed by atoms with van der Waals surface area (Å²) in [6.07, 6.45) is 0.861. The van der Waals surface area contributed by atoms with E-state index in [0.29, 0.717) is 13.2 Å². The first-order chi connectivity index (χ1) is 8.36. The van der Waals surface area contributed by atoms with Gasteiger partial charge in [-0.25, -0.2) is 0 Å². The molecular weight excluding hydrogens is 214 g/mol. The molecule has 2 aromatic rings. The van der Waals surface area contributed by atoms with E-state index in [9.17, 15) is 0 Å². The fourth-order valence-corrected chi connectivity index (χ4v) is 1.82. The molecular formula is C14H17NO2. The average Bonchev–Trinajstić information content (AvgIpc) is 2.38. The van der Waals surface area contributed by atoms with Gasteiger partial charge in [-0.1, -0.05) is 24.3 Å². The maximum atomic E-state index is 5.72. The molecule has 3 nitrogen and oxygen atoms in total. The number of methoxy groups -OCH3 is 1. The van der Waals surface area contributed by atoms with Gasteiger partial charge in [0.15, 0.2) is 0 Å². The van der Waals surface area contributed by atoms with Gasteiger partial charge in [-0.2, -0.15) is 0 Å². The van der Waals surface area contributed by atoms with Crippen molar-refractivity contribution in [1.82, 2.24) is 0 Å². The molecule has 0 heterocycles. The third-order valence-electron chi connectivity index (χ3n) is 2.67. The summed E-state index contributed by atoms with van der Waals surface area (Å²) in [5, 5.41) is 2.14. The Morgan fingerprint density at radius 2 is 1.65 bits per heavy atom. The molecule has 2 aromatic carbocycles. The van der Waals surface area contributed by atoms with Crippen LogP contribution in [0.2, 0.25) is 0 Å². The smallest absolute Gasteiger partial charge is 0.127 e. The molecule has 0 aromatic heterocycles. The lowest BCUT2D eigenvalue weighted by molar-refractivity contribution is 0.317. The lowest BCUT2D eigenvalue weighted by atomic mass is 10.1. The molecule has 0 radical (unpaired) electrons. The Morgan fingerprint density at radius 1 is 1.00 bits per heavy atom. The Hall–Kier alpha value is -1.74. The third kappa shape index (κ3) is 2.50. The fraction of sp³-hybridized carbons (Fsp3) is 0.286. The van der Waals surface area contributed by atoms with E-state index in [1.54, 1.807) is 7.11 Å². The maximum absolute atomic E-state index is 5.72. The van der Waals surface area contributed by atoms with Crippen LogP contribution in [0.5, 0.6) is 11.5 Å². The van der Waals surface area contributed by atoms with E-state index in [1.807, 2.05) is 36.4 Å². The van der Waals surface area contributed by atoms with Crippen LogP contribution in [0, 0.1) is 0 Å². The molecule has 2 rings (SSSR count). The average molecular weight is 231 g/mol. The van der Waals surface area contributed by atoms with Crippen molar-refractivity contribution >= 4 is 10.8 Å². The molecule has 0 saturated carbocycles. The van der Waals surface area contributed by atoms with Gasteiger partial charge in [-0.3, -0.25) is 0 Å². The van der Waals surface area contributed by atoms with Crippen molar-refractivity contribution in [3.63, 3.8) is 0 Å². The molecule has 0 fully saturated rings. The lowest BCUT2D eigenvalue weighted by Crippen LogP contribution is -2.06. The van der Waals surface area contributed by atoms with E-state index in [4.69, 9.17) is 15.2 Å². The van der Waals surface area contributed by atoms with E-state index in [0.717, 1.165) is 28.7 Å². The lowest BCUT2D eigenvalue weighted by Gasteiger charge is -2.10. The van der Waals surface area contributed by atoms with Crippen molar-refractivity contribution in [1.29, 1.82) is 0 Å². The molecule has 0 aliphatic heterocycles. The Kier molecular flexibility index (Phi) is 3.83. The van der Waals surface area contributed by atoms with Crippen molar-refractivity contribution < 1.29 is 9.47 Å². The predicted octanol–water partition coefficient (Wildman–Crippen LogP) is 2.58. The largest absolute Gasteiger partial charge is 0.496 e. The number of hydrogen-bond acceptors (Lipinski definition) is 3. The minimum atomic E-state index is 0.646. The molecule has 3 heteroatoms. The van der Waals surface area contributed by atoms with Gasteiger partial charge in [0.25, 0.3) is 0 Å². The van der Waals surface area contributed by atoms with E-state index in [1.165, 1.54) is 0 Å². The summed E-state index contributed by atoms with van der Waals surface area (Å²) in [5.74, 6) is 1.75. The molecule has 0 unspecified atom stereocenters. The topological polar surface area (TPSA) is 44.5 Å². The van der Waals surface area contributed by atoms with Crippen LogP contribution in [0.3, 0.4) is 0 Å². The van der Waals surface area contributed by atoms with Gasteiger partial charge >= 0.3 is 0 Å². The van der Waals surface area contributed by atoms with E-state index in [-0.39, 0.29) is 0 Å². The summed E-state index contributed by atoms with van der Waals surface area (Å²) in [6, 6.07) is 11.9. The second kappa shape index (κ2) is 5.55. The molecule has 0 aliphatic rings. The maximum Gasteiger partial charge on any atom is 0.127 e. The van der Waals surface area contributed by atoms with Crippen molar-refractivity contribution in [3.05, 3.63) is 36.4 Å². The molecule has 17 heavy (non-hydrogen) atoms. The van der Waals surface area contributed by atoms with Crippen molar-refractivity contribution in [3.8, 4) is 11.5 Å². The highest BCUT2D eigenvalue weighted by Crippen LogP contribution is 2.31. The number of nitrogens with two attached hydrogens (primary N) is 1. The number of fused-ring (bicyclic) bond motifs is 1. The summed E-state index contributed by atoms with van der Waals surface area (Å²) in [6.45, 7) is 1.29. The second-order valence-corrected chi connectivity index (χ2v) is 3.80. The summed E-state index contributed by atoms with van der Waals surface area (Å²) >= 11 is 0. The van der Waals surface area contributed by atoms with E-state index in [2.05, 4.69) is 0 Å². The number of rotatable bonds is 5. The van der Waals surface area contributed by atoms with Crippen LogP contribution < -0.4 is 15.2 Å². The van der Waals surface area contributed by atoms with Crippen LogP contribution in [0.1, 0.15) is 6.42 Å². The first-order valence-corrected chi connectivity index (χ1v) is 5.75. The Balaban J connectivity index is 2.36. The highest BCUT2D eigenvalue weighted by atomic mass is 16.5. The molecule has 0 aliphatic carbocycles. The SMILES string of the molecule is COc1cccc2c(OCCCN)cccc12. The predicted molar refractivity (Wildman–Crippen MR) is 69.7 cm³/mol. The Morgan fingerprint density at radius 3 is 2.29 bits per heavy atom. The third-order valence-corrected chi connectivity index (χ3v) is 2.67. The molecule has 90 valence electrons. The van der Waals surface area contributed by atoms with Gasteiger partial charge in [-0.15, -0.1) is 0 Å². The van der Waals surface area contributed by atoms with Gasteiger partial charge in [-0.05, 0) is 25.1 Å². The highest BCUT2D eigenvalue weighted by Gasteiger charge is 2.05. The minimum absolute atomic E-state index is 0.646. The molecule has 0 amide bonds. The Bertz CT molecular complexity index is 497. The van der Waals surface area contributed by atoms with Gasteiger partial charge < -0.3 is 15.2 Å². The van der Waals surface area contributed by atoms with E-state index >= 15 is 0 Å². The number of benzene rings is 2. The van der Waals surface area contributed by atoms with Crippen LogP contribution in [0.15, 0.2) is 36.4 Å². The van der Waals surface area contributed by atoms with Crippen LogP contribution >= 0.6 is 0 Å². The molecule has 0 atom stereocenters. The normalized spacial score (nSPS) is 10.5. The van der Waals surface area contributed by atoms with Crippen molar-refractivity contribution in [2.45, 2.75) is 6.42 Å². The molecule has 0 saturated heterocycles.